The highest BCUT2D eigenvalue weighted by molar-refractivity contribution is 5.93. The van der Waals surface area contributed by atoms with Crippen LogP contribution in [-0.2, 0) is 5.54 Å². The number of aromatic carboxylic acids is 1. The first-order valence-corrected chi connectivity index (χ1v) is 8.91. The summed E-state index contributed by atoms with van der Waals surface area (Å²) in [5.74, 6) is -1.99. The van der Waals surface area contributed by atoms with E-state index in [0.717, 1.165) is 25.2 Å². The van der Waals surface area contributed by atoms with Gasteiger partial charge in [-0.05, 0) is 32.4 Å². The number of aromatic nitrogens is 1. The molecule has 1 unspecified atom stereocenters. The summed E-state index contributed by atoms with van der Waals surface area (Å²) >= 11 is 0. The second-order valence-corrected chi connectivity index (χ2v) is 7.96. The van der Waals surface area contributed by atoms with Crippen molar-refractivity contribution in [3.63, 3.8) is 0 Å². The quantitative estimate of drug-likeness (QED) is 0.854. The first kappa shape index (κ1) is 17.9. The predicted molar refractivity (Wildman–Crippen MR) is 98.0 cm³/mol. The van der Waals surface area contributed by atoms with Gasteiger partial charge < -0.3 is 19.9 Å². The second kappa shape index (κ2) is 6.02. The highest BCUT2D eigenvalue weighted by Gasteiger charge is 2.39. The monoisotopic (exact) mass is 377 g/mol. The van der Waals surface area contributed by atoms with Crippen LogP contribution in [-0.4, -0.2) is 47.5 Å². The lowest BCUT2D eigenvalue weighted by atomic mass is 10.0. The molecule has 2 fully saturated rings. The Bertz CT molecular complexity index is 1000. The number of nitrogens with one attached hydrogen (secondary N) is 1. The van der Waals surface area contributed by atoms with E-state index >= 15 is 0 Å². The molecule has 2 aliphatic rings. The topological polar surface area (TPSA) is 74.6 Å². The first-order valence-electron chi connectivity index (χ1n) is 8.91. The van der Waals surface area contributed by atoms with Crippen LogP contribution in [0.2, 0.25) is 0 Å². The van der Waals surface area contributed by atoms with Gasteiger partial charge in [0.1, 0.15) is 18.1 Å². The summed E-state index contributed by atoms with van der Waals surface area (Å²) in [6, 6.07) is 3.12. The summed E-state index contributed by atoms with van der Waals surface area (Å²) in [7, 11) is 0. The minimum absolute atomic E-state index is 0.0554. The largest absolute Gasteiger partial charge is 0.477 e. The van der Waals surface area contributed by atoms with E-state index in [9.17, 15) is 23.5 Å². The zero-order valence-electron chi connectivity index (χ0n) is 15.1. The number of carbonyl (C=O) groups is 1. The maximum Gasteiger partial charge on any atom is 0.341 e. The summed E-state index contributed by atoms with van der Waals surface area (Å²) < 4.78 is 30.0. The minimum Gasteiger partial charge on any atom is -0.477 e. The molecule has 2 atom stereocenters. The molecule has 3 heterocycles. The molecule has 2 saturated heterocycles. The van der Waals surface area contributed by atoms with Gasteiger partial charge in [-0.15, -0.1) is 0 Å². The van der Waals surface area contributed by atoms with Gasteiger partial charge in [-0.2, -0.15) is 0 Å². The number of hydrogen-bond acceptors (Lipinski definition) is 4. The van der Waals surface area contributed by atoms with Crippen molar-refractivity contribution in [1.29, 1.82) is 0 Å². The summed E-state index contributed by atoms with van der Waals surface area (Å²) in [5, 5.41) is 12.6. The number of alkyl halides is 1. The number of nitrogens with zero attached hydrogens (tertiary/aromatic N) is 2. The van der Waals surface area contributed by atoms with Gasteiger partial charge in [-0.25, -0.2) is 13.6 Å². The van der Waals surface area contributed by atoms with E-state index in [0.29, 0.717) is 23.8 Å². The summed E-state index contributed by atoms with van der Waals surface area (Å²) in [4.78, 5) is 26.0. The van der Waals surface area contributed by atoms with Crippen LogP contribution in [0.15, 0.2) is 23.1 Å². The average molecular weight is 377 g/mol. The Hall–Kier alpha value is -2.48. The Kier molecular flexibility index (Phi) is 3.99. The molecule has 2 aromatic rings. The number of anilines is 1. The van der Waals surface area contributed by atoms with Gasteiger partial charge in [0.15, 0.2) is 0 Å². The molecule has 2 bridgehead atoms. The van der Waals surface area contributed by atoms with Gasteiger partial charge in [0.25, 0.3) is 0 Å². The lowest BCUT2D eigenvalue weighted by Crippen LogP contribution is -2.44. The van der Waals surface area contributed by atoms with Gasteiger partial charge >= 0.3 is 5.97 Å². The Morgan fingerprint density at radius 2 is 2.15 bits per heavy atom. The number of piperazine rings is 1. The minimum atomic E-state index is -1.42. The van der Waals surface area contributed by atoms with Crippen molar-refractivity contribution in [2.24, 2.45) is 0 Å². The van der Waals surface area contributed by atoms with Gasteiger partial charge in [0.05, 0.1) is 16.7 Å². The summed E-state index contributed by atoms with van der Waals surface area (Å²) in [6.07, 6.45) is 2.09. The Morgan fingerprint density at radius 1 is 1.41 bits per heavy atom. The summed E-state index contributed by atoms with van der Waals surface area (Å²) in [6.45, 7) is 3.87. The lowest BCUT2D eigenvalue weighted by Gasteiger charge is -2.32. The van der Waals surface area contributed by atoms with Crippen LogP contribution in [0.25, 0.3) is 10.9 Å². The van der Waals surface area contributed by atoms with Crippen LogP contribution in [0.5, 0.6) is 0 Å². The highest BCUT2D eigenvalue weighted by Crippen LogP contribution is 2.34. The van der Waals surface area contributed by atoms with Crippen molar-refractivity contribution in [3.8, 4) is 0 Å². The third kappa shape index (κ3) is 2.70. The van der Waals surface area contributed by atoms with Crippen LogP contribution >= 0.6 is 0 Å². The van der Waals surface area contributed by atoms with Crippen molar-refractivity contribution >= 4 is 22.6 Å². The molecule has 0 amide bonds. The molecule has 8 heteroatoms. The van der Waals surface area contributed by atoms with Crippen LogP contribution in [0, 0.1) is 5.82 Å². The number of fused-ring (bicyclic) bond motifs is 3. The molecule has 144 valence electrons. The molecular formula is C19H21F2N3O3. The number of carboxylic acids is 1. The third-order valence-corrected chi connectivity index (χ3v) is 5.65. The van der Waals surface area contributed by atoms with Crippen LogP contribution in [0.3, 0.4) is 0 Å². The lowest BCUT2D eigenvalue weighted by molar-refractivity contribution is 0.0694. The molecule has 0 saturated carbocycles. The van der Waals surface area contributed by atoms with Crippen molar-refractivity contribution in [1.82, 2.24) is 9.88 Å². The fourth-order valence-electron chi connectivity index (χ4n) is 4.13. The van der Waals surface area contributed by atoms with Crippen molar-refractivity contribution in [2.75, 3.05) is 24.7 Å². The molecule has 4 rings (SSSR count). The first-order chi connectivity index (χ1) is 12.7. The fraction of sp³-hybridized carbons (Fsp3) is 0.474. The second-order valence-electron chi connectivity index (χ2n) is 7.96. The molecule has 2 N–H and O–H groups in total. The van der Waals surface area contributed by atoms with E-state index < -0.39 is 35.0 Å². The average Bonchev–Trinajstić information content (AvgIpc) is 3.24. The number of hydrogen-bond donors (Lipinski definition) is 2. The van der Waals surface area contributed by atoms with E-state index in [1.807, 2.05) is 4.90 Å². The molecule has 0 aliphatic carbocycles. The van der Waals surface area contributed by atoms with Crippen molar-refractivity contribution in [3.05, 3.63) is 39.9 Å². The Balaban J connectivity index is 1.99. The SMILES string of the molecule is CC(C)(CF)n1cc(C(=O)O)c(=O)c2cc(F)c(N3C[C@H]4CC3CN4)cc21. The zero-order valence-corrected chi connectivity index (χ0v) is 15.1. The number of halogens is 2. The number of rotatable bonds is 4. The van der Waals surface area contributed by atoms with E-state index in [1.165, 1.54) is 4.57 Å². The molecule has 1 aromatic heterocycles. The number of benzene rings is 1. The summed E-state index contributed by atoms with van der Waals surface area (Å²) in [5.41, 5.74) is -1.65. The van der Waals surface area contributed by atoms with Crippen molar-refractivity contribution in [2.45, 2.75) is 37.9 Å². The van der Waals surface area contributed by atoms with Gasteiger partial charge in [0, 0.05) is 36.8 Å². The van der Waals surface area contributed by atoms with Crippen molar-refractivity contribution < 1.29 is 18.7 Å². The van der Waals surface area contributed by atoms with Crippen LogP contribution in [0.4, 0.5) is 14.5 Å². The predicted octanol–water partition coefficient (Wildman–Crippen LogP) is 2.09. The Labute approximate surface area is 154 Å². The van der Waals surface area contributed by atoms with E-state index in [-0.39, 0.29) is 11.4 Å². The van der Waals surface area contributed by atoms with Gasteiger partial charge in [0.2, 0.25) is 5.43 Å². The molecule has 0 spiro atoms. The van der Waals surface area contributed by atoms with Crippen LogP contribution in [0.1, 0.15) is 30.6 Å². The Morgan fingerprint density at radius 3 is 2.70 bits per heavy atom. The van der Waals surface area contributed by atoms with E-state index in [2.05, 4.69) is 5.32 Å². The third-order valence-electron chi connectivity index (χ3n) is 5.65. The van der Waals surface area contributed by atoms with Gasteiger partial charge in [-0.1, -0.05) is 0 Å². The smallest absolute Gasteiger partial charge is 0.341 e. The van der Waals surface area contributed by atoms with Crippen LogP contribution < -0.4 is 15.6 Å². The maximum absolute atomic E-state index is 14.9. The van der Waals surface area contributed by atoms with E-state index in [4.69, 9.17) is 0 Å². The van der Waals surface area contributed by atoms with Gasteiger partial charge in [-0.3, -0.25) is 4.79 Å². The molecule has 2 aliphatic heterocycles. The number of carboxylic acid groups (broad SMARTS) is 1. The molecule has 0 radical (unpaired) electrons. The highest BCUT2D eigenvalue weighted by atomic mass is 19.1. The normalized spacial score (nSPS) is 22.0. The standard InChI is InChI=1S/C19H21F2N3O3/c1-19(2,9-20)24-8-13(18(26)27)17(25)12-4-14(21)16(5-15(12)24)23-7-10-3-11(23)6-22-10/h4-5,8,10-11,22H,3,6-7,9H2,1-2H3,(H,26,27)/t10-,11?/m1/s1. The van der Waals surface area contributed by atoms with E-state index in [1.54, 1.807) is 19.9 Å². The maximum atomic E-state index is 14.9. The zero-order chi connectivity index (χ0) is 19.5. The fourth-order valence-corrected chi connectivity index (χ4v) is 4.13. The molecule has 6 nitrogen and oxygen atoms in total. The molecular weight excluding hydrogens is 356 g/mol. The molecule has 1 aromatic carbocycles. The molecule has 27 heavy (non-hydrogen) atoms. The number of pyridine rings is 1.